The van der Waals surface area contributed by atoms with Gasteiger partial charge in [0.1, 0.15) is 0 Å². The van der Waals surface area contributed by atoms with Crippen molar-refractivity contribution >= 4 is 8.07 Å². The second-order valence-corrected chi connectivity index (χ2v) is 11.4. The van der Waals surface area contributed by atoms with Crippen molar-refractivity contribution in [3.05, 3.63) is 72.3 Å². The fourth-order valence-electron chi connectivity index (χ4n) is 1.95. The van der Waals surface area contributed by atoms with Gasteiger partial charge in [-0.2, -0.15) is 35.9 Å². The molecule has 0 saturated carbocycles. The zero-order valence-corrected chi connectivity index (χ0v) is 18.0. The Morgan fingerprint density at radius 3 is 1.81 bits per heavy atom. The van der Waals surface area contributed by atoms with Crippen LogP contribution >= 0.6 is 0 Å². The maximum atomic E-state index is 4.15. The summed E-state index contributed by atoms with van der Waals surface area (Å²) in [5, 5.41) is 0. The van der Waals surface area contributed by atoms with Gasteiger partial charge in [0.25, 0.3) is 0 Å². The van der Waals surface area contributed by atoms with E-state index in [1.54, 1.807) is 0 Å². The molecular formula is C17H24Cl2SiZr. The quantitative estimate of drug-likeness (QED) is 0.348. The predicted molar refractivity (Wildman–Crippen MR) is 85.1 cm³/mol. The molecule has 0 aliphatic heterocycles. The van der Waals surface area contributed by atoms with Crippen LogP contribution in [0.15, 0.2) is 66.7 Å². The molecular weight excluding hydrogens is 394 g/mol. The second kappa shape index (κ2) is 13.8. The van der Waals surface area contributed by atoms with Crippen molar-refractivity contribution in [3.63, 3.8) is 0 Å². The van der Waals surface area contributed by atoms with E-state index in [1.807, 2.05) is 30.3 Å². The third-order valence-electron chi connectivity index (χ3n) is 2.52. The zero-order chi connectivity index (χ0) is 13.4. The molecule has 21 heavy (non-hydrogen) atoms. The molecule has 0 spiro atoms. The summed E-state index contributed by atoms with van der Waals surface area (Å²) in [4.78, 5) is 0. The molecule has 0 atom stereocenters. The molecule has 0 nitrogen and oxygen atoms in total. The fraction of sp³-hybridized carbons (Fsp3) is 0.294. The molecule has 0 saturated heterocycles. The minimum Gasteiger partial charge on any atom is -1.00 e. The first-order valence-corrected chi connectivity index (χ1v) is 10.2. The summed E-state index contributed by atoms with van der Waals surface area (Å²) in [6, 6.07) is 19.8. The molecule has 0 radical (unpaired) electrons. The number of rotatable bonds is 4. The summed E-state index contributed by atoms with van der Waals surface area (Å²) in [5.41, 5.74) is 2.80. The van der Waals surface area contributed by atoms with E-state index in [1.165, 1.54) is 17.2 Å². The molecule has 0 N–H and O–H groups in total. The van der Waals surface area contributed by atoms with Crippen LogP contribution in [-0.2, 0) is 32.6 Å². The molecule has 0 heterocycles. The van der Waals surface area contributed by atoms with Gasteiger partial charge < -0.3 is 24.8 Å². The average Bonchev–Trinajstić information content (AvgIpc) is 2.88. The van der Waals surface area contributed by atoms with Crippen molar-refractivity contribution in [1.29, 1.82) is 0 Å². The van der Waals surface area contributed by atoms with Crippen molar-refractivity contribution in [2.45, 2.75) is 32.1 Å². The van der Waals surface area contributed by atoms with E-state index < -0.39 is 8.07 Å². The minimum absolute atomic E-state index is 0. The van der Waals surface area contributed by atoms with Crippen LogP contribution in [-0.4, -0.2) is 8.07 Å². The van der Waals surface area contributed by atoms with Gasteiger partial charge in [-0.25, -0.2) is 24.3 Å². The van der Waals surface area contributed by atoms with Crippen LogP contribution < -0.4 is 24.8 Å². The first kappa shape index (κ1) is 26.0. The van der Waals surface area contributed by atoms with Gasteiger partial charge >= 0.3 is 26.2 Å². The Morgan fingerprint density at radius 2 is 1.48 bits per heavy atom. The summed E-state index contributed by atoms with van der Waals surface area (Å²) in [6.45, 7) is 11.3. The Bertz CT molecular complexity index is 411. The van der Waals surface area contributed by atoms with Gasteiger partial charge in [-0.15, -0.1) is 6.58 Å². The molecule has 0 fully saturated rings. The number of hydrogen-bond donors (Lipinski definition) is 0. The summed E-state index contributed by atoms with van der Waals surface area (Å²) >= 11 is 0. The Hall–Kier alpha value is 0.120. The summed E-state index contributed by atoms with van der Waals surface area (Å²) in [5.74, 6) is 0. The maximum absolute atomic E-state index is 4.15. The monoisotopic (exact) mass is 416 g/mol. The Kier molecular flexibility index (Phi) is 17.1. The van der Waals surface area contributed by atoms with Crippen LogP contribution in [0, 0.1) is 0 Å². The van der Waals surface area contributed by atoms with Gasteiger partial charge in [0, 0.05) is 8.07 Å². The van der Waals surface area contributed by atoms with Crippen LogP contribution in [0.25, 0.3) is 0 Å². The number of halogens is 2. The third kappa shape index (κ3) is 14.8. The molecule has 0 aliphatic rings. The maximum Gasteiger partial charge on any atom is 4.00 e. The Balaban J connectivity index is -0.000000349. The Morgan fingerprint density at radius 1 is 1.00 bits per heavy atom. The van der Waals surface area contributed by atoms with Crippen molar-refractivity contribution in [1.82, 2.24) is 0 Å². The second-order valence-electron chi connectivity index (χ2n) is 5.92. The molecule has 0 amide bonds. The molecule has 0 aromatic heterocycles. The van der Waals surface area contributed by atoms with Crippen molar-refractivity contribution in [2.75, 3.05) is 0 Å². The van der Waals surface area contributed by atoms with Crippen molar-refractivity contribution in [3.8, 4) is 0 Å². The summed E-state index contributed by atoms with van der Waals surface area (Å²) in [6.07, 6.45) is 1.07. The molecule has 2 rings (SSSR count). The average molecular weight is 419 g/mol. The predicted octanol–water partition coefficient (Wildman–Crippen LogP) is -0.747. The fourth-order valence-corrected chi connectivity index (χ4v) is 3.58. The minimum atomic E-state index is -0.953. The van der Waals surface area contributed by atoms with Gasteiger partial charge in [-0.3, -0.25) is 0 Å². The van der Waals surface area contributed by atoms with Crippen molar-refractivity contribution < 1.29 is 51.0 Å². The zero-order valence-electron chi connectivity index (χ0n) is 13.1. The van der Waals surface area contributed by atoms with E-state index in [0.717, 1.165) is 6.42 Å². The van der Waals surface area contributed by atoms with Gasteiger partial charge in [0.15, 0.2) is 0 Å². The van der Waals surface area contributed by atoms with E-state index in [-0.39, 0.29) is 51.0 Å². The van der Waals surface area contributed by atoms with Gasteiger partial charge in [0.2, 0.25) is 0 Å². The first-order valence-electron chi connectivity index (χ1n) is 6.51. The molecule has 0 bridgehead atoms. The largest absolute Gasteiger partial charge is 4.00 e. The van der Waals surface area contributed by atoms with E-state index in [2.05, 4.69) is 50.5 Å². The number of allylic oxidation sites excluding steroid dienone is 1. The van der Waals surface area contributed by atoms with E-state index >= 15 is 0 Å². The molecule has 2 aromatic carbocycles. The molecule has 114 valence electrons. The van der Waals surface area contributed by atoms with Crippen molar-refractivity contribution in [2.24, 2.45) is 0 Å². The van der Waals surface area contributed by atoms with Gasteiger partial charge in [-0.05, 0) is 6.04 Å². The molecule has 2 aromatic rings. The first-order chi connectivity index (χ1) is 8.47. The molecule has 4 heteroatoms. The standard InChI is InChI=1S/C12H19Si.C5H5.2ClH.Zr/c1-11(10-13(2,3)4)9-12-7-5-6-8-12;1-2-4-5-3-1;;;/h5-8H,1,9-10H2,2-4H3;1-5H;2*1H;/q2*-1;;;+4/p-2. The number of hydrogen-bond acceptors (Lipinski definition) is 0. The van der Waals surface area contributed by atoms with Crippen LogP contribution in [0.5, 0.6) is 0 Å². The van der Waals surface area contributed by atoms with Crippen LogP contribution in [0.3, 0.4) is 0 Å². The molecule has 0 unspecified atom stereocenters. The smallest absolute Gasteiger partial charge is 1.00 e. The summed E-state index contributed by atoms with van der Waals surface area (Å²) < 4.78 is 0. The van der Waals surface area contributed by atoms with Crippen LogP contribution in [0.4, 0.5) is 0 Å². The Labute approximate surface area is 162 Å². The normalized spacial score (nSPS) is 9.10. The SMILES string of the molecule is C=C(C[c-]1cccc1)C[Si](C)(C)C.[Cl-].[Cl-].[Zr+4].c1cc[cH-]c1. The van der Waals surface area contributed by atoms with Crippen LogP contribution in [0.1, 0.15) is 5.56 Å². The molecule has 0 aliphatic carbocycles. The van der Waals surface area contributed by atoms with Gasteiger partial charge in [-0.1, -0.05) is 31.6 Å². The van der Waals surface area contributed by atoms with E-state index in [0.29, 0.717) is 0 Å². The van der Waals surface area contributed by atoms with E-state index in [4.69, 9.17) is 0 Å². The third-order valence-corrected chi connectivity index (χ3v) is 4.08. The van der Waals surface area contributed by atoms with E-state index in [9.17, 15) is 0 Å². The van der Waals surface area contributed by atoms with Crippen LogP contribution in [0.2, 0.25) is 25.7 Å². The topological polar surface area (TPSA) is 0 Å². The summed E-state index contributed by atoms with van der Waals surface area (Å²) in [7, 11) is -0.953. The van der Waals surface area contributed by atoms with Gasteiger partial charge in [0.05, 0.1) is 0 Å².